The topological polar surface area (TPSA) is 37.8 Å². The van der Waals surface area contributed by atoms with Crippen LogP contribution >= 0.6 is 11.6 Å². The number of benzene rings is 1. The summed E-state index contributed by atoms with van der Waals surface area (Å²) in [7, 11) is 0. The van der Waals surface area contributed by atoms with Crippen molar-refractivity contribution in [3.05, 3.63) is 52.4 Å². The molecular formula is C16H20ClN3. The fraction of sp³-hybridized carbons (Fsp3) is 0.375. The second-order valence-electron chi connectivity index (χ2n) is 5.06. The summed E-state index contributed by atoms with van der Waals surface area (Å²) < 4.78 is 0. The Morgan fingerprint density at radius 1 is 1.10 bits per heavy atom. The van der Waals surface area contributed by atoms with Gasteiger partial charge in [-0.3, -0.25) is 0 Å². The van der Waals surface area contributed by atoms with Crippen molar-refractivity contribution in [3.8, 4) is 0 Å². The van der Waals surface area contributed by atoms with Gasteiger partial charge in [0, 0.05) is 6.54 Å². The van der Waals surface area contributed by atoms with Gasteiger partial charge in [0.15, 0.2) is 11.0 Å². The number of anilines is 1. The Morgan fingerprint density at radius 2 is 1.75 bits per heavy atom. The smallest absolute Gasteiger partial charge is 0.171 e. The van der Waals surface area contributed by atoms with Crippen LogP contribution in [0.1, 0.15) is 36.2 Å². The van der Waals surface area contributed by atoms with Crippen molar-refractivity contribution in [2.45, 2.75) is 33.1 Å². The van der Waals surface area contributed by atoms with E-state index >= 15 is 0 Å². The molecule has 1 unspecified atom stereocenters. The lowest BCUT2D eigenvalue weighted by Crippen LogP contribution is -2.09. The van der Waals surface area contributed by atoms with Gasteiger partial charge < -0.3 is 5.32 Å². The molecule has 1 N–H and O–H groups in total. The van der Waals surface area contributed by atoms with E-state index in [0.717, 1.165) is 24.4 Å². The van der Waals surface area contributed by atoms with Gasteiger partial charge >= 0.3 is 0 Å². The standard InChI is InChI=1S/C16H20ClN3/c1-11(14-7-5-4-6-8-14)9-10-18-16-15(17)19-12(2)13(3)20-16/h4-8,11H,9-10H2,1-3H3,(H,18,20). The van der Waals surface area contributed by atoms with E-state index in [-0.39, 0.29) is 0 Å². The molecule has 0 aliphatic heterocycles. The van der Waals surface area contributed by atoms with Crippen molar-refractivity contribution in [3.63, 3.8) is 0 Å². The largest absolute Gasteiger partial charge is 0.367 e. The van der Waals surface area contributed by atoms with E-state index in [4.69, 9.17) is 11.6 Å². The number of nitrogens with zero attached hydrogens (tertiary/aromatic N) is 2. The van der Waals surface area contributed by atoms with Crippen molar-refractivity contribution < 1.29 is 0 Å². The van der Waals surface area contributed by atoms with Crippen LogP contribution in [0.3, 0.4) is 0 Å². The molecule has 1 aromatic heterocycles. The molecule has 0 saturated heterocycles. The molecule has 0 aliphatic carbocycles. The van der Waals surface area contributed by atoms with Gasteiger partial charge in [-0.05, 0) is 31.7 Å². The molecule has 0 spiro atoms. The number of nitrogens with one attached hydrogen (secondary N) is 1. The number of aromatic nitrogens is 2. The molecule has 106 valence electrons. The fourth-order valence-electron chi connectivity index (χ4n) is 2.04. The summed E-state index contributed by atoms with van der Waals surface area (Å²) in [5, 5.41) is 3.72. The molecule has 3 nitrogen and oxygen atoms in total. The number of hydrogen-bond donors (Lipinski definition) is 1. The molecule has 0 aliphatic rings. The second kappa shape index (κ2) is 6.71. The van der Waals surface area contributed by atoms with Gasteiger partial charge in [-0.2, -0.15) is 0 Å². The predicted octanol–water partition coefficient (Wildman–Crippen LogP) is 4.35. The van der Waals surface area contributed by atoms with Gasteiger partial charge in [-0.25, -0.2) is 9.97 Å². The average molecular weight is 290 g/mol. The molecule has 0 amide bonds. The second-order valence-corrected chi connectivity index (χ2v) is 5.42. The first kappa shape index (κ1) is 14.8. The molecule has 2 aromatic rings. The quantitative estimate of drug-likeness (QED) is 0.889. The fourth-order valence-corrected chi connectivity index (χ4v) is 2.28. The molecule has 0 fully saturated rings. The summed E-state index contributed by atoms with van der Waals surface area (Å²) in [4.78, 5) is 8.71. The van der Waals surface area contributed by atoms with Crippen LogP contribution < -0.4 is 5.32 Å². The normalized spacial score (nSPS) is 12.2. The molecule has 0 bridgehead atoms. The van der Waals surface area contributed by atoms with Crippen LogP contribution in [-0.4, -0.2) is 16.5 Å². The van der Waals surface area contributed by atoms with Crippen LogP contribution in [0.15, 0.2) is 30.3 Å². The maximum absolute atomic E-state index is 6.10. The van der Waals surface area contributed by atoms with Gasteiger partial charge in [-0.1, -0.05) is 48.9 Å². The molecule has 0 radical (unpaired) electrons. The lowest BCUT2D eigenvalue weighted by molar-refractivity contribution is 0.704. The highest BCUT2D eigenvalue weighted by atomic mass is 35.5. The number of rotatable bonds is 5. The average Bonchev–Trinajstić information content (AvgIpc) is 2.45. The Labute approximate surface area is 125 Å². The van der Waals surface area contributed by atoms with E-state index < -0.39 is 0 Å². The lowest BCUT2D eigenvalue weighted by atomic mass is 9.98. The highest BCUT2D eigenvalue weighted by Crippen LogP contribution is 2.21. The Balaban J connectivity index is 1.92. The van der Waals surface area contributed by atoms with Crippen LogP contribution in [0.5, 0.6) is 0 Å². The Kier molecular flexibility index (Phi) is 4.96. The molecule has 2 rings (SSSR count). The van der Waals surface area contributed by atoms with Crippen molar-refractivity contribution in [1.29, 1.82) is 0 Å². The van der Waals surface area contributed by atoms with Crippen LogP contribution in [0, 0.1) is 13.8 Å². The molecular weight excluding hydrogens is 270 g/mol. The maximum Gasteiger partial charge on any atom is 0.171 e. The van der Waals surface area contributed by atoms with Gasteiger partial charge in [0.05, 0.1) is 11.4 Å². The minimum Gasteiger partial charge on any atom is -0.367 e. The molecule has 4 heteroatoms. The summed E-state index contributed by atoms with van der Waals surface area (Å²) in [6.45, 7) is 6.91. The number of aryl methyl sites for hydroxylation is 2. The van der Waals surface area contributed by atoms with Gasteiger partial charge in [0.2, 0.25) is 0 Å². The first-order valence-corrected chi connectivity index (χ1v) is 7.25. The molecule has 20 heavy (non-hydrogen) atoms. The van der Waals surface area contributed by atoms with E-state index in [1.807, 2.05) is 19.9 Å². The number of halogens is 1. The Hall–Kier alpha value is -1.61. The Morgan fingerprint density at radius 3 is 2.45 bits per heavy atom. The summed E-state index contributed by atoms with van der Waals surface area (Å²) in [6.07, 6.45) is 1.02. The van der Waals surface area contributed by atoms with E-state index in [1.54, 1.807) is 0 Å². The monoisotopic (exact) mass is 289 g/mol. The van der Waals surface area contributed by atoms with Crippen LogP contribution in [0.2, 0.25) is 5.15 Å². The first-order chi connectivity index (χ1) is 9.58. The van der Waals surface area contributed by atoms with Crippen molar-refractivity contribution in [2.24, 2.45) is 0 Å². The van der Waals surface area contributed by atoms with Crippen molar-refractivity contribution in [2.75, 3.05) is 11.9 Å². The van der Waals surface area contributed by atoms with E-state index in [0.29, 0.717) is 16.9 Å². The van der Waals surface area contributed by atoms with Gasteiger partial charge in [0.1, 0.15) is 0 Å². The van der Waals surface area contributed by atoms with E-state index in [2.05, 4.69) is 46.5 Å². The first-order valence-electron chi connectivity index (χ1n) is 6.87. The summed E-state index contributed by atoms with van der Waals surface area (Å²) in [5.41, 5.74) is 3.14. The minimum absolute atomic E-state index is 0.445. The summed E-state index contributed by atoms with van der Waals surface area (Å²) in [5.74, 6) is 1.18. The van der Waals surface area contributed by atoms with Crippen molar-refractivity contribution >= 4 is 17.4 Å². The zero-order chi connectivity index (χ0) is 14.5. The van der Waals surface area contributed by atoms with Gasteiger partial charge in [-0.15, -0.1) is 0 Å². The SMILES string of the molecule is Cc1nc(Cl)c(NCCC(C)c2ccccc2)nc1C. The minimum atomic E-state index is 0.445. The highest BCUT2D eigenvalue weighted by Gasteiger charge is 2.08. The third-order valence-electron chi connectivity index (χ3n) is 3.50. The molecule has 1 atom stereocenters. The maximum atomic E-state index is 6.10. The third-order valence-corrected chi connectivity index (χ3v) is 3.77. The van der Waals surface area contributed by atoms with Crippen LogP contribution in [0.25, 0.3) is 0 Å². The highest BCUT2D eigenvalue weighted by molar-refractivity contribution is 6.31. The van der Waals surface area contributed by atoms with Crippen LogP contribution in [0.4, 0.5) is 5.82 Å². The van der Waals surface area contributed by atoms with Crippen molar-refractivity contribution in [1.82, 2.24) is 9.97 Å². The Bertz CT molecular complexity index is 569. The van der Waals surface area contributed by atoms with E-state index in [1.165, 1.54) is 5.56 Å². The summed E-state index contributed by atoms with van der Waals surface area (Å²) >= 11 is 6.10. The zero-order valence-corrected chi connectivity index (χ0v) is 12.9. The predicted molar refractivity (Wildman–Crippen MR) is 84.5 cm³/mol. The third kappa shape index (κ3) is 3.70. The lowest BCUT2D eigenvalue weighted by Gasteiger charge is -2.13. The molecule has 1 aromatic carbocycles. The number of hydrogen-bond acceptors (Lipinski definition) is 3. The van der Waals surface area contributed by atoms with E-state index in [9.17, 15) is 0 Å². The summed E-state index contributed by atoms with van der Waals surface area (Å²) in [6, 6.07) is 10.5. The zero-order valence-electron chi connectivity index (χ0n) is 12.2. The van der Waals surface area contributed by atoms with Gasteiger partial charge in [0.25, 0.3) is 0 Å². The molecule has 1 heterocycles. The molecule has 0 saturated carbocycles. The van der Waals surface area contributed by atoms with Crippen LogP contribution in [-0.2, 0) is 0 Å².